The number of fused-ring (bicyclic) bond motifs is 1. The van der Waals surface area contributed by atoms with Gasteiger partial charge in [-0.1, -0.05) is 18.2 Å². The molecule has 0 spiro atoms. The molecule has 1 heteroatoms. The second kappa shape index (κ2) is 4.35. The van der Waals surface area contributed by atoms with Gasteiger partial charge in [-0.05, 0) is 92.2 Å². The Bertz CT molecular complexity index is 538. The fraction of sp³-hybridized carbons (Fsp3) is 0.700. The number of aryl methyl sites for hydroxylation is 2. The van der Waals surface area contributed by atoms with E-state index in [2.05, 4.69) is 18.2 Å². The molecule has 4 bridgehead atoms. The third-order valence-electron chi connectivity index (χ3n) is 7.10. The zero-order chi connectivity index (χ0) is 14.0. The summed E-state index contributed by atoms with van der Waals surface area (Å²) < 4.78 is 0. The van der Waals surface area contributed by atoms with Crippen LogP contribution < -0.4 is 0 Å². The molecule has 0 aromatic heterocycles. The summed E-state index contributed by atoms with van der Waals surface area (Å²) >= 11 is 0. The van der Waals surface area contributed by atoms with Crippen molar-refractivity contribution < 1.29 is 5.11 Å². The fourth-order valence-corrected chi connectivity index (χ4v) is 6.63. The standard InChI is InChI=1S/C20H26O/c21-19(18-5-4-16-2-1-3-17(16)9-18)20-10-13-6-14(11-20)8-15(7-13)12-20/h4-5,9,13-15,19,21H,1-3,6-8,10-12H2. The molecule has 5 aliphatic carbocycles. The van der Waals surface area contributed by atoms with Crippen molar-refractivity contribution in [1.29, 1.82) is 0 Å². The van der Waals surface area contributed by atoms with Crippen molar-refractivity contribution in [2.45, 2.75) is 63.9 Å². The van der Waals surface area contributed by atoms with E-state index in [0.29, 0.717) is 0 Å². The molecule has 21 heavy (non-hydrogen) atoms. The van der Waals surface area contributed by atoms with Gasteiger partial charge in [0, 0.05) is 5.41 Å². The lowest BCUT2D eigenvalue weighted by Gasteiger charge is -2.58. The molecule has 1 aromatic carbocycles. The van der Waals surface area contributed by atoms with Crippen LogP contribution in [0.25, 0.3) is 0 Å². The van der Waals surface area contributed by atoms with Crippen LogP contribution in [0.2, 0.25) is 0 Å². The Morgan fingerprint density at radius 1 is 0.905 bits per heavy atom. The number of hydrogen-bond donors (Lipinski definition) is 1. The minimum absolute atomic E-state index is 0.211. The highest BCUT2D eigenvalue weighted by Crippen LogP contribution is 2.64. The maximum atomic E-state index is 11.2. The minimum atomic E-state index is -0.211. The van der Waals surface area contributed by atoms with E-state index in [4.69, 9.17) is 0 Å². The molecule has 1 atom stereocenters. The van der Waals surface area contributed by atoms with E-state index in [-0.39, 0.29) is 11.5 Å². The number of aliphatic hydroxyl groups is 1. The first-order valence-corrected chi connectivity index (χ1v) is 9.02. The van der Waals surface area contributed by atoms with E-state index < -0.39 is 0 Å². The Hall–Kier alpha value is -0.820. The van der Waals surface area contributed by atoms with Gasteiger partial charge in [0.15, 0.2) is 0 Å². The van der Waals surface area contributed by atoms with Crippen molar-refractivity contribution in [3.05, 3.63) is 34.9 Å². The van der Waals surface area contributed by atoms with E-state index in [1.54, 1.807) is 0 Å². The first-order chi connectivity index (χ1) is 10.2. The molecule has 4 saturated carbocycles. The highest BCUT2D eigenvalue weighted by atomic mass is 16.3. The van der Waals surface area contributed by atoms with Crippen LogP contribution in [0.4, 0.5) is 0 Å². The molecule has 0 amide bonds. The van der Waals surface area contributed by atoms with Crippen molar-refractivity contribution in [1.82, 2.24) is 0 Å². The predicted octanol–water partition coefficient (Wildman–Crippen LogP) is 4.43. The minimum Gasteiger partial charge on any atom is -0.388 e. The largest absolute Gasteiger partial charge is 0.388 e. The lowest BCUT2D eigenvalue weighted by molar-refractivity contribution is -0.122. The van der Waals surface area contributed by atoms with E-state index in [9.17, 15) is 5.11 Å². The quantitative estimate of drug-likeness (QED) is 0.851. The van der Waals surface area contributed by atoms with Gasteiger partial charge in [0.1, 0.15) is 0 Å². The lowest BCUT2D eigenvalue weighted by atomic mass is 9.47. The first-order valence-electron chi connectivity index (χ1n) is 9.02. The lowest BCUT2D eigenvalue weighted by Crippen LogP contribution is -2.48. The second-order valence-electron chi connectivity index (χ2n) is 8.56. The average Bonchev–Trinajstić information content (AvgIpc) is 2.92. The fourth-order valence-electron chi connectivity index (χ4n) is 6.63. The Morgan fingerprint density at radius 2 is 1.52 bits per heavy atom. The van der Waals surface area contributed by atoms with E-state index in [1.165, 1.54) is 74.5 Å². The van der Waals surface area contributed by atoms with Gasteiger partial charge >= 0.3 is 0 Å². The van der Waals surface area contributed by atoms with Crippen molar-refractivity contribution in [2.75, 3.05) is 0 Å². The number of rotatable bonds is 2. The average molecular weight is 282 g/mol. The van der Waals surface area contributed by atoms with Crippen molar-refractivity contribution >= 4 is 0 Å². The zero-order valence-corrected chi connectivity index (χ0v) is 12.9. The Kier molecular flexibility index (Phi) is 2.63. The number of hydrogen-bond acceptors (Lipinski definition) is 1. The molecule has 0 aliphatic heterocycles. The van der Waals surface area contributed by atoms with Crippen LogP contribution in [-0.4, -0.2) is 5.11 Å². The van der Waals surface area contributed by atoms with Gasteiger partial charge in [-0.2, -0.15) is 0 Å². The highest BCUT2D eigenvalue weighted by molar-refractivity contribution is 5.37. The topological polar surface area (TPSA) is 20.2 Å². The summed E-state index contributed by atoms with van der Waals surface area (Å²) in [5, 5.41) is 11.2. The molecule has 5 aliphatic rings. The summed E-state index contributed by atoms with van der Waals surface area (Å²) in [6, 6.07) is 6.86. The molecule has 4 fully saturated rings. The van der Waals surface area contributed by atoms with Crippen LogP contribution in [0.1, 0.15) is 67.7 Å². The van der Waals surface area contributed by atoms with Crippen molar-refractivity contribution in [3.63, 3.8) is 0 Å². The SMILES string of the molecule is OC(c1ccc2c(c1)CCC2)C12CC3CC(CC(C3)C1)C2. The molecule has 1 N–H and O–H groups in total. The molecule has 0 saturated heterocycles. The molecule has 1 unspecified atom stereocenters. The summed E-state index contributed by atoms with van der Waals surface area (Å²) in [4.78, 5) is 0. The Morgan fingerprint density at radius 3 is 2.19 bits per heavy atom. The van der Waals surface area contributed by atoms with Gasteiger partial charge in [0.05, 0.1) is 6.10 Å². The van der Waals surface area contributed by atoms with Gasteiger partial charge in [0.2, 0.25) is 0 Å². The summed E-state index contributed by atoms with van der Waals surface area (Å²) in [6.07, 6.45) is 11.8. The van der Waals surface area contributed by atoms with Crippen LogP contribution >= 0.6 is 0 Å². The third-order valence-corrected chi connectivity index (χ3v) is 7.10. The molecule has 1 nitrogen and oxygen atoms in total. The van der Waals surface area contributed by atoms with Gasteiger partial charge in [-0.3, -0.25) is 0 Å². The van der Waals surface area contributed by atoms with Gasteiger partial charge < -0.3 is 5.11 Å². The van der Waals surface area contributed by atoms with Crippen LogP contribution in [0, 0.1) is 23.2 Å². The molecule has 0 radical (unpaired) electrons. The molecular formula is C20H26O. The summed E-state index contributed by atoms with van der Waals surface area (Å²) in [5.74, 6) is 2.75. The maximum absolute atomic E-state index is 11.2. The van der Waals surface area contributed by atoms with Gasteiger partial charge in [-0.25, -0.2) is 0 Å². The Balaban J connectivity index is 1.49. The molecule has 6 rings (SSSR count). The van der Waals surface area contributed by atoms with Crippen LogP contribution in [-0.2, 0) is 12.8 Å². The molecular weight excluding hydrogens is 256 g/mol. The molecule has 1 aromatic rings. The van der Waals surface area contributed by atoms with E-state index in [0.717, 1.165) is 17.8 Å². The molecule has 0 heterocycles. The van der Waals surface area contributed by atoms with E-state index >= 15 is 0 Å². The first kappa shape index (κ1) is 12.7. The Labute approximate surface area is 127 Å². The smallest absolute Gasteiger partial charge is 0.0846 e. The summed E-state index contributed by atoms with van der Waals surface area (Å²) in [5.41, 5.74) is 4.48. The van der Waals surface area contributed by atoms with Gasteiger partial charge in [-0.15, -0.1) is 0 Å². The van der Waals surface area contributed by atoms with Crippen molar-refractivity contribution in [3.8, 4) is 0 Å². The summed E-state index contributed by atoms with van der Waals surface area (Å²) in [7, 11) is 0. The number of aliphatic hydroxyl groups excluding tert-OH is 1. The zero-order valence-electron chi connectivity index (χ0n) is 12.9. The summed E-state index contributed by atoms with van der Waals surface area (Å²) in [6.45, 7) is 0. The maximum Gasteiger partial charge on any atom is 0.0846 e. The van der Waals surface area contributed by atoms with E-state index in [1.807, 2.05) is 0 Å². The highest BCUT2D eigenvalue weighted by Gasteiger charge is 2.54. The van der Waals surface area contributed by atoms with Crippen LogP contribution in [0.15, 0.2) is 18.2 Å². The second-order valence-corrected chi connectivity index (χ2v) is 8.56. The molecule has 112 valence electrons. The monoisotopic (exact) mass is 282 g/mol. The number of benzene rings is 1. The van der Waals surface area contributed by atoms with Gasteiger partial charge in [0.25, 0.3) is 0 Å². The van der Waals surface area contributed by atoms with Crippen LogP contribution in [0.3, 0.4) is 0 Å². The van der Waals surface area contributed by atoms with Crippen molar-refractivity contribution in [2.24, 2.45) is 23.2 Å². The predicted molar refractivity (Wildman–Crippen MR) is 84.0 cm³/mol. The third kappa shape index (κ3) is 1.86. The normalized spacial score (nSPS) is 41.3. The van der Waals surface area contributed by atoms with Crippen LogP contribution in [0.5, 0.6) is 0 Å².